The Hall–Kier alpha value is -3.04. The fourth-order valence-electron chi connectivity index (χ4n) is 2.66. The Bertz CT molecular complexity index is 1030. The number of aliphatic carboxylic acids is 1. The molecule has 0 saturated carbocycles. The van der Waals surface area contributed by atoms with Gasteiger partial charge in [0.15, 0.2) is 16.7 Å². The second-order valence-electron chi connectivity index (χ2n) is 6.36. The molecule has 1 aliphatic rings. The van der Waals surface area contributed by atoms with Crippen LogP contribution in [0.15, 0.2) is 52.7 Å². The van der Waals surface area contributed by atoms with Crippen molar-refractivity contribution in [1.29, 1.82) is 0 Å². The standard InChI is InChI=1S/C21H20ClN3O5S/c1-2-29-17-9-13(7-8-16(17)30-12-14-5-3-4-6-15(14)22)11-23-25-21-24-20(28)18(31-21)10-19(26)27/h3-9,11,18H,2,10,12H2,1H3,(H,26,27)(H,24,25,28)/b23-11-/t18-/m1/s1. The van der Waals surface area contributed by atoms with Crippen LogP contribution in [-0.4, -0.2) is 40.2 Å². The zero-order valence-corrected chi connectivity index (χ0v) is 18.2. The number of benzene rings is 2. The van der Waals surface area contributed by atoms with Gasteiger partial charge in [-0.2, -0.15) is 5.10 Å². The summed E-state index contributed by atoms with van der Waals surface area (Å²) in [5.41, 5.74) is 1.58. The molecule has 0 radical (unpaired) electrons. The van der Waals surface area contributed by atoms with Gasteiger partial charge in [-0.15, -0.1) is 5.10 Å². The minimum absolute atomic E-state index is 0.261. The number of rotatable bonds is 9. The van der Waals surface area contributed by atoms with E-state index in [0.717, 1.165) is 17.3 Å². The predicted molar refractivity (Wildman–Crippen MR) is 120 cm³/mol. The number of halogens is 1. The van der Waals surface area contributed by atoms with E-state index in [0.29, 0.717) is 35.3 Å². The van der Waals surface area contributed by atoms with Crippen molar-refractivity contribution in [3.8, 4) is 11.5 Å². The largest absolute Gasteiger partial charge is 0.490 e. The number of carboxylic acid groups (broad SMARTS) is 1. The molecule has 10 heteroatoms. The van der Waals surface area contributed by atoms with Crippen LogP contribution in [0.2, 0.25) is 5.02 Å². The highest BCUT2D eigenvalue weighted by Crippen LogP contribution is 2.30. The predicted octanol–water partition coefficient (Wildman–Crippen LogP) is 3.71. The molecule has 1 saturated heterocycles. The summed E-state index contributed by atoms with van der Waals surface area (Å²) in [6, 6.07) is 12.8. The van der Waals surface area contributed by atoms with Gasteiger partial charge in [-0.1, -0.05) is 41.6 Å². The van der Waals surface area contributed by atoms with Crippen molar-refractivity contribution in [1.82, 2.24) is 5.32 Å². The maximum atomic E-state index is 11.7. The lowest BCUT2D eigenvalue weighted by molar-refractivity contribution is -0.138. The number of amidine groups is 1. The van der Waals surface area contributed by atoms with Crippen LogP contribution in [0, 0.1) is 0 Å². The molecule has 31 heavy (non-hydrogen) atoms. The summed E-state index contributed by atoms with van der Waals surface area (Å²) in [5, 5.41) is 19.4. The molecule has 1 amide bonds. The first-order valence-electron chi connectivity index (χ1n) is 9.39. The Labute approximate surface area is 188 Å². The molecule has 3 rings (SSSR count). The number of nitrogens with zero attached hydrogens (tertiary/aromatic N) is 2. The molecule has 2 N–H and O–H groups in total. The normalized spacial score (nSPS) is 17.2. The first kappa shape index (κ1) is 22.6. The van der Waals surface area contributed by atoms with Gasteiger partial charge >= 0.3 is 5.97 Å². The minimum atomic E-state index is -1.04. The fraction of sp³-hybridized carbons (Fsp3) is 0.238. The van der Waals surface area contributed by atoms with Gasteiger partial charge in [0.1, 0.15) is 11.9 Å². The molecule has 0 spiro atoms. The van der Waals surface area contributed by atoms with Gasteiger partial charge in [0.2, 0.25) is 5.91 Å². The summed E-state index contributed by atoms with van der Waals surface area (Å²) in [4.78, 5) is 22.5. The van der Waals surface area contributed by atoms with E-state index >= 15 is 0 Å². The first-order chi connectivity index (χ1) is 15.0. The molecule has 1 heterocycles. The van der Waals surface area contributed by atoms with E-state index in [9.17, 15) is 9.59 Å². The lowest BCUT2D eigenvalue weighted by Gasteiger charge is -2.13. The van der Waals surface area contributed by atoms with Crippen molar-refractivity contribution in [2.24, 2.45) is 10.2 Å². The zero-order chi connectivity index (χ0) is 22.2. The third-order valence-corrected chi connectivity index (χ3v) is 5.54. The van der Waals surface area contributed by atoms with Crippen molar-refractivity contribution in [3.05, 3.63) is 58.6 Å². The number of carbonyl (C=O) groups excluding carboxylic acids is 1. The molecule has 162 valence electrons. The molecule has 1 aliphatic heterocycles. The Morgan fingerprint density at radius 2 is 2.06 bits per heavy atom. The third kappa shape index (κ3) is 6.47. The fourth-order valence-corrected chi connectivity index (χ4v) is 3.76. The van der Waals surface area contributed by atoms with Crippen LogP contribution >= 0.6 is 23.4 Å². The Balaban J connectivity index is 1.67. The number of hydrogen-bond acceptors (Lipinski definition) is 7. The van der Waals surface area contributed by atoms with Gasteiger partial charge in [0, 0.05) is 10.6 Å². The molecular weight excluding hydrogens is 442 g/mol. The van der Waals surface area contributed by atoms with E-state index in [2.05, 4.69) is 15.5 Å². The average Bonchev–Trinajstić information content (AvgIpc) is 3.07. The molecule has 1 fully saturated rings. The van der Waals surface area contributed by atoms with Crippen LogP contribution in [-0.2, 0) is 16.2 Å². The van der Waals surface area contributed by atoms with Crippen LogP contribution in [0.1, 0.15) is 24.5 Å². The molecule has 0 aromatic heterocycles. The highest BCUT2D eigenvalue weighted by atomic mass is 35.5. The number of carbonyl (C=O) groups is 2. The third-order valence-electron chi connectivity index (χ3n) is 4.10. The SMILES string of the molecule is CCOc1cc(/C=N\N=C2NC(=O)[C@@H](CC(=O)O)S2)ccc1OCc1ccccc1Cl. The summed E-state index contributed by atoms with van der Waals surface area (Å²) in [5.74, 6) is -0.311. The van der Waals surface area contributed by atoms with Crippen molar-refractivity contribution in [2.75, 3.05) is 6.61 Å². The van der Waals surface area contributed by atoms with Crippen LogP contribution in [0.4, 0.5) is 0 Å². The zero-order valence-electron chi connectivity index (χ0n) is 16.6. The monoisotopic (exact) mass is 461 g/mol. The number of hydrogen-bond donors (Lipinski definition) is 2. The number of nitrogens with one attached hydrogen (secondary N) is 1. The average molecular weight is 462 g/mol. The van der Waals surface area contributed by atoms with Crippen molar-refractivity contribution < 1.29 is 24.2 Å². The van der Waals surface area contributed by atoms with Crippen LogP contribution in [0.25, 0.3) is 0 Å². The minimum Gasteiger partial charge on any atom is -0.490 e. The van der Waals surface area contributed by atoms with E-state index in [1.807, 2.05) is 25.1 Å². The molecule has 0 bridgehead atoms. The number of carboxylic acids is 1. The summed E-state index contributed by atoms with van der Waals surface area (Å²) >= 11 is 7.21. The lowest BCUT2D eigenvalue weighted by Crippen LogP contribution is -2.26. The van der Waals surface area contributed by atoms with E-state index in [-0.39, 0.29) is 17.5 Å². The van der Waals surface area contributed by atoms with Gasteiger partial charge in [0.05, 0.1) is 19.2 Å². The quantitative estimate of drug-likeness (QED) is 0.435. The summed E-state index contributed by atoms with van der Waals surface area (Å²) in [6.45, 7) is 2.63. The summed E-state index contributed by atoms with van der Waals surface area (Å²) in [6.07, 6.45) is 1.23. The molecular formula is C21H20ClN3O5S. The van der Waals surface area contributed by atoms with E-state index in [1.165, 1.54) is 6.21 Å². The summed E-state index contributed by atoms with van der Waals surface area (Å²) in [7, 11) is 0. The topological polar surface area (TPSA) is 110 Å². The van der Waals surface area contributed by atoms with Gasteiger partial charge in [0.25, 0.3) is 0 Å². The number of amides is 1. The molecule has 2 aromatic carbocycles. The second kappa shape index (κ2) is 10.8. The Morgan fingerprint density at radius 1 is 1.26 bits per heavy atom. The molecule has 1 atom stereocenters. The van der Waals surface area contributed by atoms with Gasteiger partial charge in [-0.3, -0.25) is 9.59 Å². The molecule has 8 nitrogen and oxygen atoms in total. The van der Waals surface area contributed by atoms with Gasteiger partial charge in [-0.25, -0.2) is 0 Å². The van der Waals surface area contributed by atoms with E-state index < -0.39 is 11.2 Å². The smallest absolute Gasteiger partial charge is 0.305 e. The number of thioether (sulfide) groups is 1. The molecule has 0 aliphatic carbocycles. The molecule has 2 aromatic rings. The van der Waals surface area contributed by atoms with Crippen molar-refractivity contribution in [2.45, 2.75) is 25.2 Å². The van der Waals surface area contributed by atoms with Crippen molar-refractivity contribution >= 4 is 46.6 Å². The molecule has 0 unspecified atom stereocenters. The number of ether oxygens (including phenoxy) is 2. The van der Waals surface area contributed by atoms with E-state index in [4.69, 9.17) is 26.2 Å². The van der Waals surface area contributed by atoms with Crippen molar-refractivity contribution in [3.63, 3.8) is 0 Å². The van der Waals surface area contributed by atoms with Crippen LogP contribution in [0.5, 0.6) is 11.5 Å². The van der Waals surface area contributed by atoms with Gasteiger partial charge in [-0.05, 0) is 36.8 Å². The van der Waals surface area contributed by atoms with E-state index in [1.54, 1.807) is 24.3 Å². The lowest BCUT2D eigenvalue weighted by atomic mass is 10.2. The van der Waals surface area contributed by atoms with Crippen LogP contribution in [0.3, 0.4) is 0 Å². The van der Waals surface area contributed by atoms with Crippen LogP contribution < -0.4 is 14.8 Å². The maximum absolute atomic E-state index is 11.7. The highest BCUT2D eigenvalue weighted by molar-refractivity contribution is 8.15. The second-order valence-corrected chi connectivity index (χ2v) is 7.96. The Kier molecular flexibility index (Phi) is 7.91. The highest BCUT2D eigenvalue weighted by Gasteiger charge is 2.32. The van der Waals surface area contributed by atoms with Gasteiger partial charge < -0.3 is 19.9 Å². The maximum Gasteiger partial charge on any atom is 0.305 e. The first-order valence-corrected chi connectivity index (χ1v) is 10.7. The Morgan fingerprint density at radius 3 is 2.81 bits per heavy atom. The summed E-state index contributed by atoms with van der Waals surface area (Å²) < 4.78 is 11.5.